The molecule has 0 aromatic carbocycles. The van der Waals surface area contributed by atoms with Gasteiger partial charge in [-0.1, -0.05) is 146 Å². The first-order valence-electron chi connectivity index (χ1n) is 15.1. The summed E-state index contributed by atoms with van der Waals surface area (Å²) in [6.45, 7) is 45.6. The summed E-state index contributed by atoms with van der Waals surface area (Å²) in [6, 6.07) is 0. The van der Waals surface area contributed by atoms with Gasteiger partial charge in [-0.05, 0) is 27.9 Å². The molecular weight excluding hydrogens is 573 g/mol. The Morgan fingerprint density at radius 3 is 0.649 bits per heavy atom. The Hall–Kier alpha value is 0.435. The Kier molecular flexibility index (Phi) is 5.15. The van der Waals surface area contributed by atoms with E-state index in [-0.39, 0.29) is 0 Å². The lowest BCUT2D eigenvalue weighted by atomic mass is 10.1. The van der Waals surface area contributed by atoms with Gasteiger partial charge in [0.2, 0.25) is 0 Å². The highest BCUT2D eigenvalue weighted by atomic mass is 28.5. The van der Waals surface area contributed by atoms with Gasteiger partial charge in [0.05, 0.1) is 64.6 Å². The van der Waals surface area contributed by atoms with E-state index >= 15 is 0 Å². The standard InChI is InChI=1S/C29H54Si8/c1-30(2)17-32(5,6)26-21-20-22-24-23(21)28(36(26,13)14)34(9,10)19-35(11,12)29(24)37(15,16)27(22)33(7,8)18-31(3,4)25(20)30/h17-19H2,1-16H3. The van der Waals surface area contributed by atoms with Crippen LogP contribution in [0.4, 0.5) is 0 Å². The maximum absolute atomic E-state index is 2.86. The van der Waals surface area contributed by atoms with Gasteiger partial charge < -0.3 is 0 Å². The van der Waals surface area contributed by atoms with Crippen LogP contribution in [0.15, 0.2) is 52.0 Å². The van der Waals surface area contributed by atoms with Crippen LogP contribution in [0.25, 0.3) is 0 Å². The molecule has 8 heteroatoms. The molecule has 0 aromatic rings. The van der Waals surface area contributed by atoms with Crippen LogP contribution >= 0.6 is 0 Å². The predicted octanol–water partition coefficient (Wildman–Crippen LogP) is 9.23. The third-order valence-electron chi connectivity index (χ3n) is 11.7. The van der Waals surface area contributed by atoms with Crippen molar-refractivity contribution in [2.45, 2.75) is 122 Å². The van der Waals surface area contributed by atoms with E-state index in [0.717, 1.165) is 0 Å². The second-order valence-electron chi connectivity index (χ2n) is 18.8. The second kappa shape index (κ2) is 6.90. The summed E-state index contributed by atoms with van der Waals surface area (Å²) in [5.74, 6) is 0. The van der Waals surface area contributed by atoms with Crippen molar-refractivity contribution in [2.75, 3.05) is 0 Å². The first-order chi connectivity index (χ1) is 16.3. The molecular formula is C29H54Si8. The topological polar surface area (TPSA) is 0 Å². The average Bonchev–Trinajstić information content (AvgIpc) is 3.01. The van der Waals surface area contributed by atoms with Crippen molar-refractivity contribution in [1.82, 2.24) is 0 Å². The van der Waals surface area contributed by atoms with E-state index in [9.17, 15) is 0 Å². The summed E-state index contributed by atoms with van der Waals surface area (Å²) >= 11 is 0. The van der Waals surface area contributed by atoms with Crippen LogP contribution < -0.4 is 0 Å². The first-order valence-corrected chi connectivity index (χ1v) is 40.4. The summed E-state index contributed by atoms with van der Waals surface area (Å²) < 4.78 is 0. The van der Waals surface area contributed by atoms with E-state index in [0.29, 0.717) is 0 Å². The van der Waals surface area contributed by atoms with Crippen molar-refractivity contribution in [3.63, 3.8) is 0 Å². The number of hydrogen-bond donors (Lipinski definition) is 0. The van der Waals surface area contributed by atoms with E-state index in [1.165, 1.54) is 0 Å². The summed E-state index contributed by atoms with van der Waals surface area (Å²) in [7, 11) is -12.5. The SMILES string of the molecule is C[Si]1(C)C[Si](C)(C)C2=C3C4=C1[Si](C)(C)C[Si](C)(C)C1=C4C4=C([Si](C)(C)C[Si](C)(C)C(=C34)[Si]2(C)C)[Si]1(C)C. The van der Waals surface area contributed by atoms with Crippen LogP contribution in [0.1, 0.15) is 0 Å². The molecule has 5 heterocycles. The van der Waals surface area contributed by atoms with Gasteiger partial charge in [0.15, 0.2) is 0 Å². The second-order valence-corrected chi connectivity index (χ2v) is 59.7. The molecule has 0 saturated heterocycles. The lowest BCUT2D eigenvalue weighted by Crippen LogP contribution is -2.58. The number of rotatable bonds is 0. The lowest BCUT2D eigenvalue weighted by Gasteiger charge is -2.47. The fourth-order valence-corrected chi connectivity index (χ4v) is 95.3. The summed E-state index contributed by atoms with van der Waals surface area (Å²) in [5.41, 5.74) is 14.8. The quantitative estimate of drug-likeness (QED) is 0.235. The maximum Gasteiger partial charge on any atom is 0.0958 e. The van der Waals surface area contributed by atoms with Crippen LogP contribution in [0, 0.1) is 0 Å². The number of allylic oxidation sites excluding steroid dienone is 5. The van der Waals surface area contributed by atoms with Gasteiger partial charge in [-0.15, -0.1) is 0 Å². The minimum Gasteiger partial charge on any atom is -0.0831 e. The van der Waals surface area contributed by atoms with Gasteiger partial charge in [-0.3, -0.25) is 0 Å². The largest absolute Gasteiger partial charge is 0.0958 e. The molecule has 0 amide bonds. The fourth-order valence-electron chi connectivity index (χ4n) is 13.6. The minimum atomic E-state index is -1.66. The molecule has 0 spiro atoms. The van der Waals surface area contributed by atoms with Crippen molar-refractivity contribution < 1.29 is 0 Å². The molecule has 1 aliphatic carbocycles. The van der Waals surface area contributed by atoms with E-state index in [1.54, 1.807) is 17.0 Å². The van der Waals surface area contributed by atoms with E-state index < -0.39 is 64.6 Å². The van der Waals surface area contributed by atoms with Crippen molar-refractivity contribution >= 4 is 64.6 Å². The lowest BCUT2D eigenvalue weighted by molar-refractivity contribution is 1.48. The molecule has 0 bridgehead atoms. The van der Waals surface area contributed by atoms with Gasteiger partial charge in [0.1, 0.15) is 0 Å². The van der Waals surface area contributed by atoms with Crippen LogP contribution in [-0.4, -0.2) is 64.6 Å². The Bertz CT molecular complexity index is 1280. The summed E-state index contributed by atoms with van der Waals surface area (Å²) in [5, 5.41) is 0. The average molecular weight is 627 g/mol. The minimum absolute atomic E-state index is 1.51. The zero-order valence-electron chi connectivity index (χ0n) is 27.1. The monoisotopic (exact) mass is 626 g/mol. The third kappa shape index (κ3) is 3.08. The highest BCUT2D eigenvalue weighted by molar-refractivity contribution is 7.27. The smallest absolute Gasteiger partial charge is 0.0831 e. The molecule has 202 valence electrons. The molecule has 0 radical (unpaired) electrons. The van der Waals surface area contributed by atoms with Gasteiger partial charge in [0.25, 0.3) is 0 Å². The Labute approximate surface area is 237 Å². The van der Waals surface area contributed by atoms with Gasteiger partial charge in [-0.2, -0.15) is 0 Å². The zero-order chi connectivity index (χ0) is 27.9. The molecule has 1 saturated carbocycles. The molecule has 0 unspecified atom stereocenters. The van der Waals surface area contributed by atoms with Gasteiger partial charge >= 0.3 is 0 Å². The predicted molar refractivity (Wildman–Crippen MR) is 189 cm³/mol. The Morgan fingerprint density at radius 2 is 0.432 bits per heavy atom. The normalized spacial score (nSPS) is 33.7. The molecule has 37 heavy (non-hydrogen) atoms. The molecule has 5 aliphatic heterocycles. The molecule has 0 N–H and O–H groups in total. The summed E-state index contributed by atoms with van der Waals surface area (Å²) in [6.07, 6.45) is 0. The first kappa shape index (κ1) is 27.6. The zero-order valence-corrected chi connectivity index (χ0v) is 35.1. The maximum atomic E-state index is 2.86. The molecule has 6 aliphatic rings. The van der Waals surface area contributed by atoms with E-state index in [1.807, 2.05) is 27.9 Å². The molecule has 0 nitrogen and oxygen atoms in total. The van der Waals surface area contributed by atoms with Crippen molar-refractivity contribution in [3.8, 4) is 0 Å². The highest BCUT2D eigenvalue weighted by Gasteiger charge is 2.67. The number of hydrogen-bond acceptors (Lipinski definition) is 0. The molecule has 6 rings (SSSR count). The summed E-state index contributed by atoms with van der Waals surface area (Å²) in [4.78, 5) is 10.8. The van der Waals surface area contributed by atoms with Crippen LogP contribution in [0.2, 0.25) is 122 Å². The Morgan fingerprint density at radius 1 is 0.270 bits per heavy atom. The van der Waals surface area contributed by atoms with Gasteiger partial charge in [0, 0.05) is 0 Å². The molecule has 0 atom stereocenters. The molecule has 1 fully saturated rings. The Balaban J connectivity index is 1.96. The van der Waals surface area contributed by atoms with Crippen molar-refractivity contribution in [1.29, 1.82) is 0 Å². The third-order valence-corrected chi connectivity index (χ3v) is 68.2. The fraction of sp³-hybridized carbons (Fsp3) is 0.655. The van der Waals surface area contributed by atoms with Crippen molar-refractivity contribution in [3.05, 3.63) is 52.0 Å². The van der Waals surface area contributed by atoms with E-state index in [4.69, 9.17) is 0 Å². The van der Waals surface area contributed by atoms with E-state index in [2.05, 4.69) is 129 Å². The van der Waals surface area contributed by atoms with Crippen LogP contribution in [0.5, 0.6) is 0 Å². The molecule has 0 aromatic heterocycles. The van der Waals surface area contributed by atoms with Crippen LogP contribution in [0.3, 0.4) is 0 Å². The van der Waals surface area contributed by atoms with Crippen LogP contribution in [-0.2, 0) is 0 Å². The highest BCUT2D eigenvalue weighted by Crippen LogP contribution is 2.70. The van der Waals surface area contributed by atoms with Gasteiger partial charge in [-0.25, -0.2) is 0 Å². The van der Waals surface area contributed by atoms with Crippen molar-refractivity contribution in [2.24, 2.45) is 0 Å².